The number of benzene rings is 1. The summed E-state index contributed by atoms with van der Waals surface area (Å²) in [4.78, 5) is 11.5. The van der Waals surface area contributed by atoms with Crippen LogP contribution in [-0.4, -0.2) is 32.5 Å². The first kappa shape index (κ1) is 16.3. The molecule has 4 heterocycles. The summed E-state index contributed by atoms with van der Waals surface area (Å²) in [6.45, 7) is 3.05. The molecule has 1 fully saturated rings. The van der Waals surface area contributed by atoms with E-state index in [4.69, 9.17) is 4.42 Å². The number of fused-ring (bicyclic) bond motifs is 1. The first-order valence-corrected chi connectivity index (χ1v) is 9.40. The number of hydrogen-bond donors (Lipinski definition) is 0. The molecule has 0 aliphatic carbocycles. The third-order valence-electron chi connectivity index (χ3n) is 5.49. The molecule has 1 aliphatic rings. The molecule has 0 amide bonds. The second kappa shape index (κ2) is 6.67. The van der Waals surface area contributed by atoms with Gasteiger partial charge in [0.05, 0.1) is 6.54 Å². The Bertz CT molecular complexity index is 1050. The Hall–Kier alpha value is -2.92. The number of hydrogen-bond acceptors (Lipinski definition) is 4. The van der Waals surface area contributed by atoms with Crippen molar-refractivity contribution in [3.8, 4) is 11.5 Å². The molecule has 27 heavy (non-hydrogen) atoms. The number of para-hydroxylation sites is 1. The second-order valence-corrected chi connectivity index (χ2v) is 7.30. The van der Waals surface area contributed by atoms with E-state index in [2.05, 4.69) is 50.7 Å². The largest absolute Gasteiger partial charge is 0.454 e. The highest BCUT2D eigenvalue weighted by atomic mass is 16.3. The Labute approximate surface area is 158 Å². The first-order valence-electron chi connectivity index (χ1n) is 9.40. The third-order valence-corrected chi connectivity index (χ3v) is 5.49. The van der Waals surface area contributed by atoms with Gasteiger partial charge in [0.25, 0.3) is 0 Å². The zero-order chi connectivity index (χ0) is 18.2. The number of likely N-dealkylation sites (tertiary alicyclic amines) is 1. The lowest BCUT2D eigenvalue weighted by atomic mass is 9.98. The molecule has 5 nitrogen and oxygen atoms in total. The van der Waals surface area contributed by atoms with Crippen LogP contribution in [0.25, 0.3) is 22.4 Å². The number of pyridine rings is 1. The Kier molecular flexibility index (Phi) is 4.02. The Balaban J connectivity index is 1.35. The monoisotopic (exact) mass is 358 g/mol. The summed E-state index contributed by atoms with van der Waals surface area (Å²) < 4.78 is 8.09. The quantitative estimate of drug-likeness (QED) is 0.548. The lowest BCUT2D eigenvalue weighted by Crippen LogP contribution is -2.21. The van der Waals surface area contributed by atoms with Crippen molar-refractivity contribution in [2.45, 2.75) is 18.9 Å². The lowest BCUT2D eigenvalue weighted by molar-refractivity contribution is 0.314. The van der Waals surface area contributed by atoms with Crippen molar-refractivity contribution < 1.29 is 4.42 Å². The predicted molar refractivity (Wildman–Crippen MR) is 105 cm³/mol. The molecule has 0 saturated carbocycles. The van der Waals surface area contributed by atoms with Gasteiger partial charge < -0.3 is 8.98 Å². The van der Waals surface area contributed by atoms with Crippen LogP contribution in [0.15, 0.2) is 65.5 Å². The van der Waals surface area contributed by atoms with Crippen molar-refractivity contribution in [3.05, 3.63) is 72.4 Å². The van der Waals surface area contributed by atoms with Crippen LogP contribution in [0.4, 0.5) is 0 Å². The number of imidazole rings is 1. The van der Waals surface area contributed by atoms with Crippen LogP contribution in [0.1, 0.15) is 23.7 Å². The van der Waals surface area contributed by atoms with Crippen molar-refractivity contribution >= 4 is 11.0 Å². The molecule has 0 unspecified atom stereocenters. The highest BCUT2D eigenvalue weighted by Crippen LogP contribution is 2.32. The molecule has 5 rings (SSSR count). The number of nitrogens with zero attached hydrogens (tertiary/aromatic N) is 4. The zero-order valence-corrected chi connectivity index (χ0v) is 15.4. The summed E-state index contributed by atoms with van der Waals surface area (Å²) in [6, 6.07) is 14.5. The summed E-state index contributed by atoms with van der Waals surface area (Å²) in [7, 11) is 2.05. The molecule has 1 aromatic carbocycles. The standard InChI is InChI=1S/C22H22N4O/c1-25-11-9-24-22(25)15-26-10-7-18(14-26)16-6-8-23-19(12-16)21-13-17-4-2-3-5-20(17)27-21/h2-6,8-9,11-13,18H,7,10,14-15H2,1H3/t18-/m1/s1. The van der Waals surface area contributed by atoms with Crippen molar-refractivity contribution in [2.75, 3.05) is 13.1 Å². The average Bonchev–Trinajstić information content (AvgIpc) is 3.42. The Morgan fingerprint density at radius 2 is 2.04 bits per heavy atom. The molecule has 0 N–H and O–H groups in total. The lowest BCUT2D eigenvalue weighted by Gasteiger charge is -2.16. The first-order chi connectivity index (χ1) is 13.3. The van der Waals surface area contributed by atoms with Crippen LogP contribution >= 0.6 is 0 Å². The van der Waals surface area contributed by atoms with E-state index in [0.29, 0.717) is 5.92 Å². The zero-order valence-electron chi connectivity index (χ0n) is 15.4. The van der Waals surface area contributed by atoms with Crippen LogP contribution in [0.2, 0.25) is 0 Å². The number of furan rings is 1. The molecule has 0 radical (unpaired) electrons. The summed E-state index contributed by atoms with van der Waals surface area (Å²) in [6.07, 6.45) is 6.93. The van der Waals surface area contributed by atoms with Crippen LogP contribution in [-0.2, 0) is 13.6 Å². The minimum atomic E-state index is 0.524. The average molecular weight is 358 g/mol. The van der Waals surface area contributed by atoms with E-state index in [9.17, 15) is 0 Å². The van der Waals surface area contributed by atoms with E-state index in [1.165, 1.54) is 5.56 Å². The molecule has 3 aromatic heterocycles. The van der Waals surface area contributed by atoms with Gasteiger partial charge in [-0.2, -0.15) is 0 Å². The smallest absolute Gasteiger partial charge is 0.153 e. The van der Waals surface area contributed by atoms with E-state index in [1.807, 2.05) is 36.8 Å². The van der Waals surface area contributed by atoms with E-state index in [-0.39, 0.29) is 0 Å². The van der Waals surface area contributed by atoms with Crippen molar-refractivity contribution in [1.82, 2.24) is 19.4 Å². The van der Waals surface area contributed by atoms with E-state index in [0.717, 1.165) is 54.3 Å². The minimum Gasteiger partial charge on any atom is -0.454 e. The maximum atomic E-state index is 5.99. The molecule has 5 heteroatoms. The van der Waals surface area contributed by atoms with Gasteiger partial charge in [0.1, 0.15) is 17.1 Å². The summed E-state index contributed by atoms with van der Waals surface area (Å²) >= 11 is 0. The minimum absolute atomic E-state index is 0.524. The van der Waals surface area contributed by atoms with E-state index in [1.54, 1.807) is 0 Å². The molecular formula is C22H22N4O. The van der Waals surface area contributed by atoms with Crippen LogP contribution < -0.4 is 0 Å². The molecule has 4 aromatic rings. The van der Waals surface area contributed by atoms with Crippen molar-refractivity contribution in [3.63, 3.8) is 0 Å². The van der Waals surface area contributed by atoms with Gasteiger partial charge in [-0.15, -0.1) is 0 Å². The van der Waals surface area contributed by atoms with Gasteiger partial charge in [-0.25, -0.2) is 4.98 Å². The fourth-order valence-electron chi connectivity index (χ4n) is 3.94. The highest BCUT2D eigenvalue weighted by molar-refractivity contribution is 5.82. The van der Waals surface area contributed by atoms with E-state index >= 15 is 0 Å². The van der Waals surface area contributed by atoms with Gasteiger partial charge in [-0.3, -0.25) is 9.88 Å². The molecule has 0 spiro atoms. The van der Waals surface area contributed by atoms with Crippen molar-refractivity contribution in [1.29, 1.82) is 0 Å². The molecule has 1 saturated heterocycles. The number of rotatable bonds is 4. The van der Waals surface area contributed by atoms with E-state index < -0.39 is 0 Å². The van der Waals surface area contributed by atoms with Crippen LogP contribution in [0, 0.1) is 0 Å². The fourth-order valence-corrected chi connectivity index (χ4v) is 3.94. The number of aromatic nitrogens is 3. The molecule has 1 atom stereocenters. The summed E-state index contributed by atoms with van der Waals surface area (Å²) in [5.74, 6) is 2.48. The van der Waals surface area contributed by atoms with Gasteiger partial charge in [-0.05, 0) is 48.7 Å². The predicted octanol–water partition coefficient (Wildman–Crippen LogP) is 4.22. The second-order valence-electron chi connectivity index (χ2n) is 7.30. The molecule has 1 aliphatic heterocycles. The SMILES string of the molecule is Cn1ccnc1CN1CC[C@@H](c2ccnc(-c3cc4ccccc4o3)c2)C1. The highest BCUT2D eigenvalue weighted by Gasteiger charge is 2.25. The Morgan fingerprint density at radius 3 is 2.89 bits per heavy atom. The number of aryl methyl sites for hydroxylation is 1. The van der Waals surface area contributed by atoms with Crippen LogP contribution in [0.3, 0.4) is 0 Å². The summed E-state index contributed by atoms with van der Waals surface area (Å²) in [5.41, 5.74) is 3.15. The Morgan fingerprint density at radius 1 is 1.11 bits per heavy atom. The van der Waals surface area contributed by atoms with Crippen LogP contribution in [0.5, 0.6) is 0 Å². The van der Waals surface area contributed by atoms with Gasteiger partial charge in [-0.1, -0.05) is 18.2 Å². The van der Waals surface area contributed by atoms with Gasteiger partial charge in [0.2, 0.25) is 0 Å². The summed E-state index contributed by atoms with van der Waals surface area (Å²) in [5, 5.41) is 1.11. The van der Waals surface area contributed by atoms with Gasteiger partial charge in [0, 0.05) is 37.6 Å². The maximum Gasteiger partial charge on any atom is 0.153 e. The third kappa shape index (κ3) is 3.15. The topological polar surface area (TPSA) is 47.1 Å². The van der Waals surface area contributed by atoms with Gasteiger partial charge in [0.15, 0.2) is 5.76 Å². The fraction of sp³-hybridized carbons (Fsp3) is 0.273. The van der Waals surface area contributed by atoms with Gasteiger partial charge >= 0.3 is 0 Å². The van der Waals surface area contributed by atoms with Crippen molar-refractivity contribution in [2.24, 2.45) is 7.05 Å². The molecule has 0 bridgehead atoms. The maximum absolute atomic E-state index is 5.99. The normalized spacial score (nSPS) is 17.7. The molecule has 136 valence electrons. The molecular weight excluding hydrogens is 336 g/mol.